The lowest BCUT2D eigenvalue weighted by atomic mass is 9.99. The Morgan fingerprint density at radius 1 is 1.21 bits per heavy atom. The largest absolute Gasteiger partial charge is 0.344 e. The zero-order valence-corrected chi connectivity index (χ0v) is 16.5. The van der Waals surface area contributed by atoms with Gasteiger partial charge < -0.3 is 16.0 Å². The van der Waals surface area contributed by atoms with Crippen LogP contribution in [0.25, 0.3) is 10.8 Å². The summed E-state index contributed by atoms with van der Waals surface area (Å²) in [5, 5.41) is 5.36. The highest BCUT2D eigenvalue weighted by Gasteiger charge is 2.22. The summed E-state index contributed by atoms with van der Waals surface area (Å²) in [4.78, 5) is 23.5. The van der Waals surface area contributed by atoms with Crippen molar-refractivity contribution < 1.29 is 4.79 Å². The summed E-state index contributed by atoms with van der Waals surface area (Å²) < 4.78 is 0. The first-order chi connectivity index (χ1) is 13.1. The predicted octanol–water partition coefficient (Wildman–Crippen LogP) is 3.08. The number of amides is 1. The molecule has 28 heavy (non-hydrogen) atoms. The van der Waals surface area contributed by atoms with E-state index in [4.69, 9.17) is 5.73 Å². The Morgan fingerprint density at radius 3 is 2.79 bits per heavy atom. The Labute approximate surface area is 170 Å². The van der Waals surface area contributed by atoms with Gasteiger partial charge in [-0.3, -0.25) is 4.79 Å². The molecule has 7 heteroatoms. The minimum Gasteiger partial charge on any atom is -0.344 e. The van der Waals surface area contributed by atoms with Gasteiger partial charge >= 0.3 is 0 Å². The third kappa shape index (κ3) is 4.08. The third-order valence-corrected chi connectivity index (χ3v) is 5.02. The van der Waals surface area contributed by atoms with Crippen molar-refractivity contribution in [2.45, 2.75) is 25.4 Å². The molecule has 1 aliphatic rings. The highest BCUT2D eigenvalue weighted by atomic mass is 35.5. The summed E-state index contributed by atoms with van der Waals surface area (Å²) in [6, 6.07) is 16.0. The molecular weight excluding hydrogens is 374 g/mol. The molecule has 0 bridgehead atoms. The van der Waals surface area contributed by atoms with Crippen molar-refractivity contribution in [1.29, 1.82) is 0 Å². The van der Waals surface area contributed by atoms with Crippen LogP contribution in [0.4, 0.5) is 5.95 Å². The van der Waals surface area contributed by atoms with Gasteiger partial charge in [0.05, 0.1) is 6.04 Å². The number of benzene rings is 2. The summed E-state index contributed by atoms with van der Waals surface area (Å²) in [7, 11) is 0. The van der Waals surface area contributed by atoms with E-state index in [-0.39, 0.29) is 30.4 Å². The number of nitrogens with one attached hydrogen (secondary N) is 1. The third-order valence-electron chi connectivity index (χ3n) is 5.02. The van der Waals surface area contributed by atoms with Gasteiger partial charge in [-0.15, -0.1) is 12.4 Å². The second-order valence-electron chi connectivity index (χ2n) is 7.00. The molecule has 1 aromatic heterocycles. The first-order valence-corrected chi connectivity index (χ1v) is 9.24. The fourth-order valence-corrected chi connectivity index (χ4v) is 3.57. The number of rotatable bonds is 4. The van der Waals surface area contributed by atoms with Gasteiger partial charge in [0.2, 0.25) is 5.95 Å². The SMILES string of the molecule is CC(NC(=O)c1ccnc(N2CC[C@@H](N)C2)n1)c1cccc2ccccc12.Cl. The zero-order valence-electron chi connectivity index (χ0n) is 15.7. The van der Waals surface area contributed by atoms with Crippen LogP contribution in [0, 0.1) is 0 Å². The molecule has 4 rings (SSSR count). The molecule has 0 radical (unpaired) electrons. The van der Waals surface area contributed by atoms with Crippen LogP contribution in [0.1, 0.15) is 35.4 Å². The van der Waals surface area contributed by atoms with E-state index in [9.17, 15) is 4.79 Å². The molecule has 3 N–H and O–H groups in total. The van der Waals surface area contributed by atoms with E-state index in [1.807, 2.05) is 36.1 Å². The minimum atomic E-state index is -0.206. The lowest BCUT2D eigenvalue weighted by Gasteiger charge is -2.18. The van der Waals surface area contributed by atoms with Crippen LogP contribution < -0.4 is 16.0 Å². The van der Waals surface area contributed by atoms with Crippen LogP contribution in [0.5, 0.6) is 0 Å². The van der Waals surface area contributed by atoms with Crippen LogP contribution in [0.2, 0.25) is 0 Å². The van der Waals surface area contributed by atoms with Gasteiger partial charge in [-0.25, -0.2) is 9.97 Å². The van der Waals surface area contributed by atoms with Crippen molar-refractivity contribution in [3.63, 3.8) is 0 Å². The number of fused-ring (bicyclic) bond motifs is 1. The second kappa shape index (κ2) is 8.54. The maximum absolute atomic E-state index is 12.8. The smallest absolute Gasteiger partial charge is 0.270 e. The highest BCUT2D eigenvalue weighted by Crippen LogP contribution is 2.24. The van der Waals surface area contributed by atoms with Crippen molar-refractivity contribution in [1.82, 2.24) is 15.3 Å². The van der Waals surface area contributed by atoms with Crippen LogP contribution in [0.3, 0.4) is 0 Å². The maximum atomic E-state index is 12.8. The van der Waals surface area contributed by atoms with Gasteiger partial charge in [0.25, 0.3) is 5.91 Å². The van der Waals surface area contributed by atoms with Crippen LogP contribution in [0.15, 0.2) is 54.7 Å². The number of halogens is 1. The quantitative estimate of drug-likeness (QED) is 0.706. The van der Waals surface area contributed by atoms with E-state index in [0.29, 0.717) is 11.6 Å². The van der Waals surface area contributed by atoms with Crippen molar-refractivity contribution in [2.75, 3.05) is 18.0 Å². The standard InChI is InChI=1S/C21H23N5O.ClH/c1-14(17-8-4-6-15-5-2-3-7-18(15)17)24-20(27)19-9-11-23-21(25-19)26-12-10-16(22)13-26;/h2-9,11,14,16H,10,12-13,22H2,1H3,(H,24,27);1H/t14?,16-;/m1./s1. The highest BCUT2D eigenvalue weighted by molar-refractivity contribution is 5.93. The van der Waals surface area contributed by atoms with Gasteiger partial charge in [0, 0.05) is 25.3 Å². The molecule has 1 amide bonds. The average Bonchev–Trinajstić information content (AvgIpc) is 3.14. The van der Waals surface area contributed by atoms with Gasteiger partial charge in [0.15, 0.2) is 0 Å². The van der Waals surface area contributed by atoms with Crippen LogP contribution in [-0.2, 0) is 0 Å². The molecule has 0 spiro atoms. The number of hydrogen-bond acceptors (Lipinski definition) is 5. The molecule has 6 nitrogen and oxygen atoms in total. The molecule has 3 aromatic rings. The lowest BCUT2D eigenvalue weighted by Crippen LogP contribution is -2.30. The van der Waals surface area contributed by atoms with Gasteiger partial charge in [0.1, 0.15) is 5.69 Å². The summed E-state index contributed by atoms with van der Waals surface area (Å²) in [5.41, 5.74) is 7.41. The molecular formula is C21H24ClN5O. The van der Waals surface area contributed by atoms with Crippen molar-refractivity contribution in [3.8, 4) is 0 Å². The summed E-state index contributed by atoms with van der Waals surface area (Å²) in [6.45, 7) is 3.53. The van der Waals surface area contributed by atoms with E-state index in [1.165, 1.54) is 0 Å². The van der Waals surface area contributed by atoms with E-state index in [1.54, 1.807) is 12.3 Å². The molecule has 1 aliphatic heterocycles. The molecule has 2 heterocycles. The van der Waals surface area contributed by atoms with Crippen molar-refractivity contribution in [2.24, 2.45) is 5.73 Å². The Kier molecular flexibility index (Phi) is 6.11. The molecule has 146 valence electrons. The number of carbonyl (C=O) groups excluding carboxylic acids is 1. The Balaban J connectivity index is 0.00000225. The van der Waals surface area contributed by atoms with Gasteiger partial charge in [-0.1, -0.05) is 42.5 Å². The number of anilines is 1. The van der Waals surface area contributed by atoms with Crippen molar-refractivity contribution >= 4 is 35.0 Å². The van der Waals surface area contributed by atoms with E-state index in [0.717, 1.165) is 35.8 Å². The predicted molar refractivity (Wildman–Crippen MR) is 114 cm³/mol. The number of nitrogens with zero attached hydrogens (tertiary/aromatic N) is 3. The van der Waals surface area contributed by atoms with Gasteiger partial charge in [-0.05, 0) is 35.7 Å². The molecule has 1 unspecified atom stereocenters. The Bertz CT molecular complexity index is 974. The number of aromatic nitrogens is 2. The zero-order chi connectivity index (χ0) is 18.8. The van der Waals surface area contributed by atoms with Crippen LogP contribution >= 0.6 is 12.4 Å². The first kappa shape index (κ1) is 20.0. The molecule has 1 saturated heterocycles. The number of nitrogens with two attached hydrogens (primary N) is 1. The summed E-state index contributed by atoms with van der Waals surface area (Å²) >= 11 is 0. The van der Waals surface area contributed by atoms with Gasteiger partial charge in [-0.2, -0.15) is 0 Å². The first-order valence-electron chi connectivity index (χ1n) is 9.24. The Hall–Kier alpha value is -2.70. The van der Waals surface area contributed by atoms with E-state index in [2.05, 4.69) is 33.5 Å². The monoisotopic (exact) mass is 397 g/mol. The topological polar surface area (TPSA) is 84.1 Å². The minimum absolute atomic E-state index is 0. The normalized spacial score (nSPS) is 17.2. The molecule has 1 fully saturated rings. The molecule has 2 aromatic carbocycles. The lowest BCUT2D eigenvalue weighted by molar-refractivity contribution is 0.0935. The van der Waals surface area contributed by atoms with E-state index < -0.39 is 0 Å². The fraction of sp³-hybridized carbons (Fsp3) is 0.286. The number of hydrogen-bond donors (Lipinski definition) is 2. The number of carbonyl (C=O) groups is 1. The fourth-order valence-electron chi connectivity index (χ4n) is 3.57. The average molecular weight is 398 g/mol. The second-order valence-corrected chi connectivity index (χ2v) is 7.00. The summed E-state index contributed by atoms with van der Waals surface area (Å²) in [6.07, 6.45) is 2.54. The van der Waals surface area contributed by atoms with E-state index >= 15 is 0 Å². The molecule has 0 aliphatic carbocycles. The maximum Gasteiger partial charge on any atom is 0.270 e. The molecule has 2 atom stereocenters. The van der Waals surface area contributed by atoms with Crippen LogP contribution in [-0.4, -0.2) is 35.0 Å². The Morgan fingerprint density at radius 2 is 2.00 bits per heavy atom. The van der Waals surface area contributed by atoms with Crippen molar-refractivity contribution in [3.05, 3.63) is 66.0 Å². The molecule has 0 saturated carbocycles. The summed E-state index contributed by atoms with van der Waals surface area (Å²) in [5.74, 6) is 0.357.